The lowest BCUT2D eigenvalue weighted by atomic mass is 10.1. The lowest BCUT2D eigenvalue weighted by molar-refractivity contribution is -0.114. The van der Waals surface area contributed by atoms with E-state index in [0.29, 0.717) is 33.5 Å². The van der Waals surface area contributed by atoms with Crippen LogP contribution in [0.5, 0.6) is 5.75 Å². The van der Waals surface area contributed by atoms with Crippen LogP contribution in [0, 0.1) is 0 Å². The molecule has 1 saturated heterocycles. The number of H-pyrrole nitrogens is 1. The Bertz CT molecular complexity index is 1510. The maximum Gasteiger partial charge on any atom is 0.283 e. The Morgan fingerprint density at radius 3 is 2.68 bits per heavy atom. The number of amides is 1. The van der Waals surface area contributed by atoms with Crippen LogP contribution in [0.3, 0.4) is 0 Å². The highest BCUT2D eigenvalue weighted by Gasteiger charge is 2.22. The van der Waals surface area contributed by atoms with E-state index in [1.807, 2.05) is 30.5 Å². The molecule has 38 heavy (non-hydrogen) atoms. The van der Waals surface area contributed by atoms with Crippen LogP contribution in [0.25, 0.3) is 22.2 Å². The van der Waals surface area contributed by atoms with Crippen LogP contribution in [-0.2, 0) is 4.79 Å². The van der Waals surface area contributed by atoms with Crippen LogP contribution < -0.4 is 20.3 Å². The van der Waals surface area contributed by atoms with E-state index in [1.54, 1.807) is 19.2 Å². The predicted octanol–water partition coefficient (Wildman–Crippen LogP) is 5.20. The van der Waals surface area contributed by atoms with Crippen LogP contribution in [0.1, 0.15) is 0 Å². The number of piperazine rings is 1. The van der Waals surface area contributed by atoms with Gasteiger partial charge in [0, 0.05) is 54.9 Å². The molecular formula is C27H27ClFN7O2. The first-order valence-electron chi connectivity index (χ1n) is 12.0. The average Bonchev–Trinajstić information content (AvgIpc) is 3.34. The number of aromatic amines is 1. The Kier molecular flexibility index (Phi) is 7.17. The number of nitrogens with zero attached hydrogens (tertiary/aromatic N) is 4. The third-order valence-electron chi connectivity index (χ3n) is 6.49. The van der Waals surface area contributed by atoms with E-state index in [0.717, 1.165) is 42.6 Å². The number of methoxy groups -OCH3 is 1. The molecule has 0 saturated carbocycles. The van der Waals surface area contributed by atoms with E-state index in [9.17, 15) is 9.18 Å². The van der Waals surface area contributed by atoms with E-state index in [1.165, 1.54) is 6.20 Å². The largest absolute Gasteiger partial charge is 0.494 e. The fourth-order valence-corrected chi connectivity index (χ4v) is 4.63. The summed E-state index contributed by atoms with van der Waals surface area (Å²) in [7, 11) is 3.60. The highest BCUT2D eigenvalue weighted by molar-refractivity contribution is 6.33. The van der Waals surface area contributed by atoms with E-state index in [2.05, 4.69) is 49.0 Å². The van der Waals surface area contributed by atoms with Crippen molar-refractivity contribution in [3.8, 4) is 17.0 Å². The highest BCUT2D eigenvalue weighted by Crippen LogP contribution is 2.39. The Hall–Kier alpha value is -4.15. The molecule has 1 amide bonds. The first kappa shape index (κ1) is 25.5. The molecule has 1 aliphatic heterocycles. The molecule has 0 bridgehead atoms. The second-order valence-electron chi connectivity index (χ2n) is 8.98. The number of benzene rings is 2. The molecule has 4 aromatic rings. The monoisotopic (exact) mass is 535 g/mol. The number of hydrogen-bond donors (Lipinski definition) is 3. The van der Waals surface area contributed by atoms with E-state index < -0.39 is 11.7 Å². The van der Waals surface area contributed by atoms with E-state index >= 15 is 0 Å². The zero-order chi connectivity index (χ0) is 26.8. The predicted molar refractivity (Wildman–Crippen MR) is 149 cm³/mol. The number of ether oxygens (including phenoxy) is 1. The zero-order valence-electron chi connectivity index (χ0n) is 21.0. The minimum Gasteiger partial charge on any atom is -0.494 e. The van der Waals surface area contributed by atoms with Gasteiger partial charge in [-0.25, -0.2) is 14.4 Å². The van der Waals surface area contributed by atoms with Crippen molar-refractivity contribution in [2.45, 2.75) is 0 Å². The molecule has 0 unspecified atom stereocenters. The Morgan fingerprint density at radius 2 is 1.95 bits per heavy atom. The lowest BCUT2D eigenvalue weighted by Gasteiger charge is -2.35. The normalized spacial score (nSPS) is 13.9. The maximum atomic E-state index is 13.6. The number of carbonyl (C=O) groups excluding carboxylic acids is 1. The van der Waals surface area contributed by atoms with Gasteiger partial charge in [0.05, 0.1) is 41.1 Å². The van der Waals surface area contributed by atoms with Gasteiger partial charge in [0.25, 0.3) is 5.91 Å². The summed E-state index contributed by atoms with van der Waals surface area (Å²) >= 11 is 6.49. The van der Waals surface area contributed by atoms with E-state index in [-0.39, 0.29) is 5.95 Å². The number of para-hydroxylation sites is 1. The first-order chi connectivity index (χ1) is 18.3. The number of aromatic nitrogens is 3. The van der Waals surface area contributed by atoms with Crippen LogP contribution >= 0.6 is 11.6 Å². The smallest absolute Gasteiger partial charge is 0.283 e. The van der Waals surface area contributed by atoms with Crippen molar-refractivity contribution < 1.29 is 13.9 Å². The molecule has 9 nitrogen and oxygen atoms in total. The highest BCUT2D eigenvalue weighted by atomic mass is 35.5. The summed E-state index contributed by atoms with van der Waals surface area (Å²) in [4.78, 5) is 28.8. The molecule has 196 valence electrons. The summed E-state index contributed by atoms with van der Waals surface area (Å²) in [6.45, 7) is 6.29. The fraction of sp³-hybridized carbons (Fsp3) is 0.222. The number of anilines is 4. The first-order valence-corrected chi connectivity index (χ1v) is 12.4. The molecule has 2 aromatic carbocycles. The van der Waals surface area contributed by atoms with Crippen LogP contribution in [-0.4, -0.2) is 66.1 Å². The molecule has 3 N–H and O–H groups in total. The second kappa shape index (κ2) is 10.7. The van der Waals surface area contributed by atoms with Gasteiger partial charge in [-0.15, -0.1) is 0 Å². The SMILES string of the molecule is C=C(F)C(=O)Nc1cc(Nc2ncc(Cl)c(-c3c[nH]c4ccccc34)n2)c(OC)cc1N1CCN(C)CC1. The Labute approximate surface area is 224 Å². The van der Waals surface area contributed by atoms with Gasteiger partial charge < -0.3 is 30.2 Å². The standard InChI is InChI=1S/C27H27ClFN7O2/c1-16(29)26(37)32-21-12-22(24(38-3)13-23(21)36-10-8-35(2)9-11-36)33-27-31-15-19(28)25(34-27)18-14-30-20-7-5-4-6-17(18)20/h4-7,12-15,30H,1,8-11H2,2-3H3,(H,32,37)(H,31,33,34). The summed E-state index contributed by atoms with van der Waals surface area (Å²) < 4.78 is 19.3. The molecule has 0 atom stereocenters. The summed E-state index contributed by atoms with van der Waals surface area (Å²) in [5, 5.41) is 7.17. The molecule has 0 aliphatic carbocycles. The number of halogens is 2. The molecule has 1 aliphatic rings. The molecule has 2 aromatic heterocycles. The molecule has 0 radical (unpaired) electrons. The van der Waals surface area contributed by atoms with Gasteiger partial charge in [-0.1, -0.05) is 36.4 Å². The Morgan fingerprint density at radius 1 is 1.18 bits per heavy atom. The van der Waals surface area contributed by atoms with Gasteiger partial charge in [-0.2, -0.15) is 0 Å². The van der Waals surface area contributed by atoms with Crippen molar-refractivity contribution in [1.82, 2.24) is 19.9 Å². The number of carbonyl (C=O) groups is 1. The minimum atomic E-state index is -1.08. The van der Waals surface area contributed by atoms with Gasteiger partial charge in [-0.05, 0) is 19.2 Å². The van der Waals surface area contributed by atoms with Crippen molar-refractivity contribution in [2.24, 2.45) is 0 Å². The number of nitrogens with one attached hydrogen (secondary N) is 3. The third-order valence-corrected chi connectivity index (χ3v) is 6.77. The van der Waals surface area contributed by atoms with E-state index in [4.69, 9.17) is 16.3 Å². The summed E-state index contributed by atoms with van der Waals surface area (Å²) in [5.41, 5.74) is 3.96. The Balaban J connectivity index is 1.53. The number of rotatable bonds is 7. The zero-order valence-corrected chi connectivity index (χ0v) is 21.8. The summed E-state index contributed by atoms with van der Waals surface area (Å²) in [5.74, 6) is -1.22. The third kappa shape index (κ3) is 5.13. The van der Waals surface area contributed by atoms with Crippen LogP contribution in [0.15, 0.2) is 61.2 Å². The van der Waals surface area contributed by atoms with Gasteiger partial charge >= 0.3 is 0 Å². The fourth-order valence-electron chi connectivity index (χ4n) is 4.44. The number of hydrogen-bond acceptors (Lipinski definition) is 7. The van der Waals surface area contributed by atoms with Crippen molar-refractivity contribution in [3.63, 3.8) is 0 Å². The molecule has 1 fully saturated rings. The van der Waals surface area contributed by atoms with Gasteiger partial charge in [-0.3, -0.25) is 4.79 Å². The topological polar surface area (TPSA) is 98.4 Å². The van der Waals surface area contributed by atoms with Gasteiger partial charge in [0.2, 0.25) is 5.95 Å². The summed E-state index contributed by atoms with van der Waals surface area (Å²) in [6, 6.07) is 11.3. The second-order valence-corrected chi connectivity index (χ2v) is 9.39. The quantitative estimate of drug-likeness (QED) is 0.280. The van der Waals surface area contributed by atoms with Crippen molar-refractivity contribution in [3.05, 3.63) is 66.2 Å². The number of likely N-dealkylation sites (N-methyl/N-ethyl adjacent to an activating group) is 1. The van der Waals surface area contributed by atoms with Crippen LogP contribution in [0.2, 0.25) is 5.02 Å². The van der Waals surface area contributed by atoms with Gasteiger partial charge in [0.1, 0.15) is 5.75 Å². The molecule has 11 heteroatoms. The minimum absolute atomic E-state index is 0.271. The van der Waals surface area contributed by atoms with Crippen molar-refractivity contribution >= 4 is 51.4 Å². The molecule has 5 rings (SSSR count). The maximum absolute atomic E-state index is 13.6. The molecule has 0 spiro atoms. The lowest BCUT2D eigenvalue weighted by Crippen LogP contribution is -2.44. The molecule has 3 heterocycles. The van der Waals surface area contributed by atoms with Gasteiger partial charge in [0.15, 0.2) is 5.83 Å². The van der Waals surface area contributed by atoms with Crippen molar-refractivity contribution in [1.29, 1.82) is 0 Å². The number of fused-ring (bicyclic) bond motifs is 1. The summed E-state index contributed by atoms with van der Waals surface area (Å²) in [6.07, 6.45) is 3.38. The average molecular weight is 536 g/mol. The van der Waals surface area contributed by atoms with Crippen molar-refractivity contribution in [2.75, 3.05) is 55.9 Å². The molecular weight excluding hydrogens is 509 g/mol. The van der Waals surface area contributed by atoms with Crippen LogP contribution in [0.4, 0.5) is 27.4 Å².